The van der Waals surface area contributed by atoms with Crippen molar-refractivity contribution in [2.75, 3.05) is 5.32 Å². The number of aryl methyl sites for hydroxylation is 2. The van der Waals surface area contributed by atoms with Crippen LogP contribution < -0.4 is 5.32 Å². The molecule has 30 heavy (non-hydrogen) atoms. The fourth-order valence-electron chi connectivity index (χ4n) is 3.63. The molecule has 0 aliphatic rings. The molecule has 0 saturated heterocycles. The van der Waals surface area contributed by atoms with E-state index in [0.717, 1.165) is 27.4 Å². The maximum atomic E-state index is 12.5. The fraction of sp³-hybridized carbons (Fsp3) is 0.261. The number of carbonyl (C=O) groups excluding carboxylic acids is 2. The summed E-state index contributed by atoms with van der Waals surface area (Å²) in [5, 5.41) is 10.0. The highest BCUT2D eigenvalue weighted by Gasteiger charge is 2.22. The molecule has 1 amide bonds. The molecule has 0 radical (unpaired) electrons. The molecule has 2 heterocycles. The summed E-state index contributed by atoms with van der Waals surface area (Å²) in [6, 6.07) is 11.8. The number of carbonyl (C=O) groups is 2. The van der Waals surface area contributed by atoms with Crippen LogP contribution in [0, 0.1) is 13.8 Å². The molecule has 0 spiro atoms. The van der Waals surface area contributed by atoms with Crippen LogP contribution in [0.2, 0.25) is 0 Å². The molecule has 0 fully saturated rings. The Balaban J connectivity index is 1.48. The molecule has 0 aliphatic heterocycles. The predicted molar refractivity (Wildman–Crippen MR) is 114 cm³/mol. The molecule has 4 rings (SSSR count). The Bertz CT molecular complexity index is 1270. The zero-order valence-corrected chi connectivity index (χ0v) is 17.4. The van der Waals surface area contributed by atoms with Gasteiger partial charge in [0.25, 0.3) is 5.91 Å². The molecule has 0 bridgehead atoms. The van der Waals surface area contributed by atoms with E-state index in [4.69, 9.17) is 9.15 Å². The summed E-state index contributed by atoms with van der Waals surface area (Å²) in [7, 11) is 1.81. The van der Waals surface area contributed by atoms with Crippen molar-refractivity contribution in [2.24, 2.45) is 7.05 Å². The van der Waals surface area contributed by atoms with E-state index < -0.39 is 18.0 Å². The third kappa shape index (κ3) is 3.54. The van der Waals surface area contributed by atoms with E-state index in [9.17, 15) is 9.59 Å². The average Bonchev–Trinajstić information content (AvgIpc) is 3.23. The average molecular weight is 405 g/mol. The van der Waals surface area contributed by atoms with Crippen LogP contribution in [0.25, 0.3) is 21.7 Å². The highest BCUT2D eigenvalue weighted by molar-refractivity contribution is 6.08. The van der Waals surface area contributed by atoms with Crippen molar-refractivity contribution in [2.45, 2.75) is 33.3 Å². The molecule has 7 heteroatoms. The quantitative estimate of drug-likeness (QED) is 0.506. The third-order valence-corrected chi connectivity index (χ3v) is 5.31. The molecule has 2 aromatic heterocycles. The number of hydrogen-bond acceptors (Lipinski definition) is 5. The van der Waals surface area contributed by atoms with Gasteiger partial charge in [0.15, 0.2) is 6.10 Å². The first-order chi connectivity index (χ1) is 14.3. The van der Waals surface area contributed by atoms with Gasteiger partial charge in [0.05, 0.1) is 29.8 Å². The largest absolute Gasteiger partial charge is 0.464 e. The van der Waals surface area contributed by atoms with Crippen LogP contribution in [-0.2, 0) is 27.8 Å². The Kier molecular flexibility index (Phi) is 5.03. The number of aromatic nitrogens is 2. The number of benzene rings is 2. The Morgan fingerprint density at radius 3 is 2.70 bits per heavy atom. The molecular formula is C23H23N3O4. The van der Waals surface area contributed by atoms with E-state index in [0.29, 0.717) is 17.0 Å². The number of furan rings is 1. The lowest BCUT2D eigenvalue weighted by atomic mass is 10.0. The lowest BCUT2D eigenvalue weighted by Crippen LogP contribution is -2.30. The van der Waals surface area contributed by atoms with E-state index in [1.807, 2.05) is 50.2 Å². The molecule has 0 unspecified atom stereocenters. The van der Waals surface area contributed by atoms with Gasteiger partial charge in [-0.05, 0) is 37.6 Å². The number of ether oxygens (including phenoxy) is 1. The number of rotatable bonds is 5. The second-order valence-electron chi connectivity index (χ2n) is 7.39. The maximum absolute atomic E-state index is 12.5. The van der Waals surface area contributed by atoms with Crippen LogP contribution in [0.15, 0.2) is 47.1 Å². The van der Waals surface area contributed by atoms with Gasteiger partial charge in [0, 0.05) is 18.0 Å². The van der Waals surface area contributed by atoms with E-state index >= 15 is 0 Å². The van der Waals surface area contributed by atoms with Gasteiger partial charge in [0.1, 0.15) is 5.58 Å². The van der Waals surface area contributed by atoms with Crippen LogP contribution >= 0.6 is 0 Å². The van der Waals surface area contributed by atoms with Gasteiger partial charge in [-0.2, -0.15) is 5.10 Å². The zero-order chi connectivity index (χ0) is 21.4. The van der Waals surface area contributed by atoms with Crippen LogP contribution in [0.4, 0.5) is 5.69 Å². The highest BCUT2D eigenvalue weighted by atomic mass is 16.5. The first-order valence-electron chi connectivity index (χ1n) is 9.73. The Labute approximate surface area is 173 Å². The molecule has 154 valence electrons. The van der Waals surface area contributed by atoms with Gasteiger partial charge in [-0.25, -0.2) is 0 Å². The second-order valence-corrected chi connectivity index (χ2v) is 7.39. The van der Waals surface area contributed by atoms with Gasteiger partial charge in [-0.15, -0.1) is 0 Å². The van der Waals surface area contributed by atoms with Gasteiger partial charge in [0.2, 0.25) is 0 Å². The summed E-state index contributed by atoms with van der Waals surface area (Å²) in [5.74, 6) is -0.891. The van der Waals surface area contributed by atoms with E-state index in [1.54, 1.807) is 24.9 Å². The lowest BCUT2D eigenvalue weighted by Gasteiger charge is -2.13. The molecular weight excluding hydrogens is 382 g/mol. The second kappa shape index (κ2) is 7.67. The van der Waals surface area contributed by atoms with Crippen molar-refractivity contribution in [3.63, 3.8) is 0 Å². The first kappa shape index (κ1) is 19.7. The predicted octanol–water partition coefficient (Wildman–Crippen LogP) is 4.05. The lowest BCUT2D eigenvalue weighted by molar-refractivity contribution is -0.152. The van der Waals surface area contributed by atoms with E-state index in [-0.39, 0.29) is 6.42 Å². The number of nitrogens with zero attached hydrogens (tertiary/aromatic N) is 2. The minimum Gasteiger partial charge on any atom is -0.464 e. The van der Waals surface area contributed by atoms with Gasteiger partial charge in [-0.1, -0.05) is 30.3 Å². The zero-order valence-electron chi connectivity index (χ0n) is 17.4. The van der Waals surface area contributed by atoms with Crippen molar-refractivity contribution in [1.82, 2.24) is 9.78 Å². The fourth-order valence-corrected chi connectivity index (χ4v) is 3.63. The molecule has 0 aliphatic carbocycles. The van der Waals surface area contributed by atoms with Gasteiger partial charge < -0.3 is 14.5 Å². The number of fused-ring (bicyclic) bond motifs is 3. The van der Waals surface area contributed by atoms with E-state index in [1.165, 1.54) is 0 Å². The van der Waals surface area contributed by atoms with Gasteiger partial charge >= 0.3 is 5.97 Å². The molecule has 1 atom stereocenters. The standard InChI is InChI=1S/C23H23N3O4/c1-13-22(14(2)26(4)25-13)24-23(28)15(3)30-20(27)11-17-12-29-19-10-9-16-7-5-6-8-18(16)21(17)19/h5-10,12,15H,11H2,1-4H3,(H,24,28)/t15-/m0/s1. The summed E-state index contributed by atoms with van der Waals surface area (Å²) in [5.41, 5.74) is 3.62. The summed E-state index contributed by atoms with van der Waals surface area (Å²) in [6.07, 6.45) is 0.654. The van der Waals surface area contributed by atoms with Crippen LogP contribution in [-0.4, -0.2) is 27.8 Å². The van der Waals surface area contributed by atoms with Crippen molar-refractivity contribution >= 4 is 39.3 Å². The van der Waals surface area contributed by atoms with Crippen molar-refractivity contribution < 1.29 is 18.7 Å². The summed E-state index contributed by atoms with van der Waals surface area (Å²) < 4.78 is 12.7. The number of anilines is 1. The highest BCUT2D eigenvalue weighted by Crippen LogP contribution is 2.30. The number of hydrogen-bond donors (Lipinski definition) is 1. The minimum absolute atomic E-state index is 0.0174. The third-order valence-electron chi connectivity index (χ3n) is 5.31. The first-order valence-corrected chi connectivity index (χ1v) is 9.73. The smallest absolute Gasteiger partial charge is 0.311 e. The monoisotopic (exact) mass is 405 g/mol. The van der Waals surface area contributed by atoms with Crippen LogP contribution in [0.3, 0.4) is 0 Å². The minimum atomic E-state index is -0.939. The van der Waals surface area contributed by atoms with Gasteiger partial charge in [-0.3, -0.25) is 14.3 Å². The number of amides is 1. The Morgan fingerprint density at radius 1 is 1.20 bits per heavy atom. The van der Waals surface area contributed by atoms with Crippen molar-refractivity contribution in [3.05, 3.63) is 59.6 Å². The van der Waals surface area contributed by atoms with Crippen LogP contribution in [0.5, 0.6) is 0 Å². The Morgan fingerprint density at radius 2 is 1.97 bits per heavy atom. The van der Waals surface area contributed by atoms with Crippen molar-refractivity contribution in [1.29, 1.82) is 0 Å². The summed E-state index contributed by atoms with van der Waals surface area (Å²) >= 11 is 0. The normalized spacial score (nSPS) is 12.3. The molecule has 7 nitrogen and oxygen atoms in total. The number of esters is 1. The van der Waals surface area contributed by atoms with Crippen molar-refractivity contribution in [3.8, 4) is 0 Å². The SMILES string of the molecule is Cc1nn(C)c(C)c1NC(=O)[C@H](C)OC(=O)Cc1coc2ccc3ccccc3c12. The molecule has 2 aromatic carbocycles. The maximum Gasteiger partial charge on any atom is 0.311 e. The van der Waals surface area contributed by atoms with Crippen LogP contribution in [0.1, 0.15) is 23.9 Å². The summed E-state index contributed by atoms with van der Waals surface area (Å²) in [6.45, 7) is 5.23. The topological polar surface area (TPSA) is 86.4 Å². The molecule has 4 aromatic rings. The molecule has 0 saturated carbocycles. The van der Waals surface area contributed by atoms with E-state index in [2.05, 4.69) is 10.4 Å². The summed E-state index contributed by atoms with van der Waals surface area (Å²) in [4.78, 5) is 25.0. The Hall–Kier alpha value is -3.61. The number of nitrogens with one attached hydrogen (secondary N) is 1. The molecule has 1 N–H and O–H groups in total.